The van der Waals surface area contributed by atoms with Crippen LogP contribution in [-0.4, -0.2) is 35.3 Å². The van der Waals surface area contributed by atoms with Gasteiger partial charge in [-0.15, -0.1) is 0 Å². The van der Waals surface area contributed by atoms with E-state index in [2.05, 4.69) is 15.3 Å². The van der Waals surface area contributed by atoms with Crippen LogP contribution in [-0.2, 0) is 0 Å². The van der Waals surface area contributed by atoms with Crippen LogP contribution in [0, 0.1) is 0 Å². The van der Waals surface area contributed by atoms with Crippen molar-refractivity contribution in [1.82, 2.24) is 9.97 Å². The minimum absolute atomic E-state index is 0.0957. The van der Waals surface area contributed by atoms with Gasteiger partial charge in [0.15, 0.2) is 0 Å². The fourth-order valence-corrected chi connectivity index (χ4v) is 1.61. The molecule has 0 radical (unpaired) electrons. The molecule has 0 aliphatic rings. The number of carboxylic acids is 1. The van der Waals surface area contributed by atoms with E-state index in [0.29, 0.717) is 17.4 Å². The standard InChI is InChI=1S/C13H13N3O4/c1-19-10-5-8(3-4-9(10)13(17)18)16-11-6-12(20-2)15-7-14-11/h3-7H,1-2H3,(H,17,18)(H,14,15,16). The summed E-state index contributed by atoms with van der Waals surface area (Å²) in [5.74, 6) is 0.180. The molecule has 0 aliphatic carbocycles. The number of methoxy groups -OCH3 is 2. The average Bonchev–Trinajstić information content (AvgIpc) is 2.47. The molecule has 2 aromatic rings. The molecule has 0 amide bonds. The number of hydrogen-bond donors (Lipinski definition) is 2. The predicted octanol–water partition coefficient (Wildman–Crippen LogP) is 1.94. The van der Waals surface area contributed by atoms with Gasteiger partial charge >= 0.3 is 5.97 Å². The summed E-state index contributed by atoms with van der Waals surface area (Å²) in [5, 5.41) is 12.0. The Morgan fingerprint density at radius 1 is 1.20 bits per heavy atom. The molecule has 0 atom stereocenters. The zero-order valence-electron chi connectivity index (χ0n) is 11.0. The minimum atomic E-state index is -1.04. The van der Waals surface area contributed by atoms with Gasteiger partial charge in [0, 0.05) is 17.8 Å². The van der Waals surface area contributed by atoms with Gasteiger partial charge in [0.1, 0.15) is 23.5 Å². The van der Waals surface area contributed by atoms with Gasteiger partial charge in [0.05, 0.1) is 14.2 Å². The van der Waals surface area contributed by atoms with Gasteiger partial charge in [-0.05, 0) is 12.1 Å². The van der Waals surface area contributed by atoms with Gasteiger partial charge in [0.25, 0.3) is 0 Å². The Labute approximate surface area is 115 Å². The number of nitrogens with one attached hydrogen (secondary N) is 1. The first-order valence-electron chi connectivity index (χ1n) is 5.68. The molecule has 0 aliphatic heterocycles. The Morgan fingerprint density at radius 3 is 2.65 bits per heavy atom. The Morgan fingerprint density at radius 2 is 2.00 bits per heavy atom. The summed E-state index contributed by atoms with van der Waals surface area (Å²) in [6.45, 7) is 0. The van der Waals surface area contributed by atoms with Crippen LogP contribution in [0.1, 0.15) is 10.4 Å². The number of ether oxygens (including phenoxy) is 2. The zero-order valence-corrected chi connectivity index (χ0v) is 11.0. The van der Waals surface area contributed by atoms with Gasteiger partial charge in [-0.25, -0.2) is 14.8 Å². The molecule has 2 rings (SSSR count). The highest BCUT2D eigenvalue weighted by Crippen LogP contribution is 2.25. The first kappa shape index (κ1) is 13.6. The van der Waals surface area contributed by atoms with Crippen LogP contribution in [0.5, 0.6) is 11.6 Å². The van der Waals surface area contributed by atoms with Crippen LogP contribution in [0.15, 0.2) is 30.6 Å². The maximum atomic E-state index is 11.0. The first-order valence-corrected chi connectivity index (χ1v) is 5.68. The molecule has 1 aromatic carbocycles. The number of benzene rings is 1. The second kappa shape index (κ2) is 5.87. The molecule has 20 heavy (non-hydrogen) atoms. The molecular formula is C13H13N3O4. The van der Waals surface area contributed by atoms with E-state index in [9.17, 15) is 4.79 Å². The molecule has 0 saturated heterocycles. The third kappa shape index (κ3) is 2.94. The van der Waals surface area contributed by atoms with E-state index in [-0.39, 0.29) is 11.3 Å². The predicted molar refractivity (Wildman–Crippen MR) is 71.8 cm³/mol. The SMILES string of the molecule is COc1cc(Nc2ccc(C(=O)O)c(OC)c2)ncn1. The number of aromatic carboxylic acids is 1. The molecule has 0 bridgehead atoms. The van der Waals surface area contributed by atoms with Gasteiger partial charge in [-0.1, -0.05) is 0 Å². The van der Waals surface area contributed by atoms with Crippen molar-refractivity contribution >= 4 is 17.5 Å². The Kier molecular flexibility index (Phi) is 3.99. The molecule has 7 nitrogen and oxygen atoms in total. The molecule has 1 aromatic heterocycles. The second-order valence-corrected chi connectivity index (χ2v) is 3.79. The summed E-state index contributed by atoms with van der Waals surface area (Å²) in [6, 6.07) is 6.29. The summed E-state index contributed by atoms with van der Waals surface area (Å²) >= 11 is 0. The lowest BCUT2D eigenvalue weighted by Gasteiger charge is -2.10. The molecule has 2 N–H and O–H groups in total. The quantitative estimate of drug-likeness (QED) is 0.861. The number of anilines is 2. The number of aromatic nitrogens is 2. The van der Waals surface area contributed by atoms with E-state index < -0.39 is 5.97 Å². The lowest BCUT2D eigenvalue weighted by Crippen LogP contribution is -2.02. The van der Waals surface area contributed by atoms with E-state index in [4.69, 9.17) is 14.6 Å². The third-order valence-electron chi connectivity index (χ3n) is 2.56. The lowest BCUT2D eigenvalue weighted by molar-refractivity contribution is 0.0693. The van der Waals surface area contributed by atoms with Crippen molar-refractivity contribution in [2.45, 2.75) is 0 Å². The van der Waals surface area contributed by atoms with Crippen molar-refractivity contribution in [3.63, 3.8) is 0 Å². The highest BCUT2D eigenvalue weighted by Gasteiger charge is 2.11. The lowest BCUT2D eigenvalue weighted by atomic mass is 10.2. The highest BCUT2D eigenvalue weighted by atomic mass is 16.5. The number of carboxylic acid groups (broad SMARTS) is 1. The van der Waals surface area contributed by atoms with Gasteiger partial charge in [0.2, 0.25) is 5.88 Å². The molecule has 0 spiro atoms. The van der Waals surface area contributed by atoms with Crippen LogP contribution >= 0.6 is 0 Å². The van der Waals surface area contributed by atoms with Crippen LogP contribution < -0.4 is 14.8 Å². The Hall–Kier alpha value is -2.83. The number of rotatable bonds is 5. The zero-order chi connectivity index (χ0) is 14.5. The van der Waals surface area contributed by atoms with Crippen molar-refractivity contribution in [3.05, 3.63) is 36.2 Å². The van der Waals surface area contributed by atoms with Crippen molar-refractivity contribution < 1.29 is 19.4 Å². The molecular weight excluding hydrogens is 262 g/mol. The summed E-state index contributed by atoms with van der Waals surface area (Å²) in [7, 11) is 2.93. The Bertz CT molecular complexity index is 631. The van der Waals surface area contributed by atoms with Gasteiger partial charge in [-0.3, -0.25) is 0 Å². The van der Waals surface area contributed by atoms with E-state index >= 15 is 0 Å². The van der Waals surface area contributed by atoms with Gasteiger partial charge < -0.3 is 19.9 Å². The normalized spacial score (nSPS) is 9.90. The van der Waals surface area contributed by atoms with Gasteiger partial charge in [-0.2, -0.15) is 0 Å². The van der Waals surface area contributed by atoms with Crippen LogP contribution in [0.25, 0.3) is 0 Å². The summed E-state index contributed by atoms with van der Waals surface area (Å²) < 4.78 is 10.0. The van der Waals surface area contributed by atoms with Crippen LogP contribution in [0.3, 0.4) is 0 Å². The summed E-state index contributed by atoms with van der Waals surface area (Å²) in [6.07, 6.45) is 1.37. The molecule has 104 valence electrons. The third-order valence-corrected chi connectivity index (χ3v) is 2.56. The summed E-state index contributed by atoms with van der Waals surface area (Å²) in [4.78, 5) is 18.9. The number of carbonyl (C=O) groups is 1. The van der Waals surface area contributed by atoms with Crippen molar-refractivity contribution in [2.24, 2.45) is 0 Å². The fraction of sp³-hybridized carbons (Fsp3) is 0.154. The molecule has 0 unspecified atom stereocenters. The van der Waals surface area contributed by atoms with Crippen molar-refractivity contribution in [2.75, 3.05) is 19.5 Å². The monoisotopic (exact) mass is 275 g/mol. The fourth-order valence-electron chi connectivity index (χ4n) is 1.61. The van der Waals surface area contributed by atoms with E-state index in [1.807, 2.05) is 0 Å². The minimum Gasteiger partial charge on any atom is -0.496 e. The van der Waals surface area contributed by atoms with E-state index in [1.165, 1.54) is 26.6 Å². The largest absolute Gasteiger partial charge is 0.496 e. The molecule has 0 saturated carbocycles. The number of hydrogen-bond acceptors (Lipinski definition) is 6. The maximum Gasteiger partial charge on any atom is 0.339 e. The van der Waals surface area contributed by atoms with E-state index in [0.717, 1.165) is 0 Å². The maximum absolute atomic E-state index is 11.0. The Balaban J connectivity index is 2.27. The highest BCUT2D eigenvalue weighted by molar-refractivity contribution is 5.91. The smallest absolute Gasteiger partial charge is 0.339 e. The summed E-state index contributed by atoms with van der Waals surface area (Å²) in [5.41, 5.74) is 0.742. The number of nitrogens with zero attached hydrogens (tertiary/aromatic N) is 2. The van der Waals surface area contributed by atoms with Crippen LogP contribution in [0.2, 0.25) is 0 Å². The first-order chi connectivity index (χ1) is 9.63. The average molecular weight is 275 g/mol. The van der Waals surface area contributed by atoms with Crippen LogP contribution in [0.4, 0.5) is 11.5 Å². The van der Waals surface area contributed by atoms with E-state index in [1.54, 1.807) is 18.2 Å². The second-order valence-electron chi connectivity index (χ2n) is 3.79. The van der Waals surface area contributed by atoms with Crippen molar-refractivity contribution in [3.8, 4) is 11.6 Å². The molecule has 1 heterocycles. The molecule has 0 fully saturated rings. The molecule has 7 heteroatoms. The topological polar surface area (TPSA) is 93.6 Å². The van der Waals surface area contributed by atoms with Crippen molar-refractivity contribution in [1.29, 1.82) is 0 Å².